The number of pyridine rings is 1. The molecule has 0 atom stereocenters. The highest BCUT2D eigenvalue weighted by molar-refractivity contribution is 7.99. The quantitative estimate of drug-likeness (QED) is 0.231. The van der Waals surface area contributed by atoms with Crippen LogP contribution >= 0.6 is 23.1 Å². The fourth-order valence-electron chi connectivity index (χ4n) is 5.17. The van der Waals surface area contributed by atoms with Crippen molar-refractivity contribution in [2.45, 2.75) is 57.8 Å². The van der Waals surface area contributed by atoms with Crippen LogP contribution in [-0.2, 0) is 13.5 Å². The van der Waals surface area contributed by atoms with Gasteiger partial charge in [0.1, 0.15) is 12.6 Å². The highest BCUT2D eigenvalue weighted by atomic mass is 32.2. The molecule has 0 amide bonds. The summed E-state index contributed by atoms with van der Waals surface area (Å²) in [5.74, 6) is 0. The number of nitrogens with zero attached hydrogens (tertiary/aromatic N) is 1. The molecule has 0 saturated heterocycles. The van der Waals surface area contributed by atoms with E-state index in [4.69, 9.17) is 4.42 Å². The lowest BCUT2D eigenvalue weighted by Gasteiger charge is -2.22. The minimum absolute atomic E-state index is 0.271. The van der Waals surface area contributed by atoms with Gasteiger partial charge in [-0.2, -0.15) is 0 Å². The van der Waals surface area contributed by atoms with Crippen LogP contribution in [0.1, 0.15) is 42.3 Å². The number of benzene rings is 2. The number of rotatable bonds is 1. The molecule has 3 aromatic heterocycles. The zero-order valence-electron chi connectivity index (χ0n) is 19.8. The number of thiophene rings is 1. The van der Waals surface area contributed by atoms with Crippen molar-refractivity contribution in [3.8, 4) is 11.3 Å². The highest BCUT2D eigenvalue weighted by Gasteiger charge is 2.32. The van der Waals surface area contributed by atoms with E-state index in [1.807, 2.05) is 23.1 Å². The third-order valence-corrected chi connectivity index (χ3v) is 8.99. The molecule has 0 saturated carbocycles. The molecule has 4 heterocycles. The van der Waals surface area contributed by atoms with Gasteiger partial charge in [0.05, 0.1) is 10.9 Å². The Labute approximate surface area is 197 Å². The largest absolute Gasteiger partial charge is 0.445 e. The number of aryl methyl sites for hydroxylation is 3. The van der Waals surface area contributed by atoms with Gasteiger partial charge in [-0.15, -0.1) is 11.3 Å². The Morgan fingerprint density at radius 1 is 0.969 bits per heavy atom. The van der Waals surface area contributed by atoms with E-state index in [9.17, 15) is 0 Å². The summed E-state index contributed by atoms with van der Waals surface area (Å²) in [5.41, 5.74) is 8.08. The summed E-state index contributed by atoms with van der Waals surface area (Å²) >= 11 is 3.74. The first-order valence-electron chi connectivity index (χ1n) is 11.2. The van der Waals surface area contributed by atoms with E-state index in [-0.39, 0.29) is 5.41 Å². The predicted molar refractivity (Wildman–Crippen MR) is 137 cm³/mol. The van der Waals surface area contributed by atoms with Crippen LogP contribution in [-0.4, -0.2) is 0 Å². The van der Waals surface area contributed by atoms with Crippen molar-refractivity contribution in [2.75, 3.05) is 0 Å². The van der Waals surface area contributed by atoms with Gasteiger partial charge in [-0.1, -0.05) is 38.6 Å². The summed E-state index contributed by atoms with van der Waals surface area (Å²) in [4.78, 5) is 5.18. The minimum atomic E-state index is 0.271. The first kappa shape index (κ1) is 20.3. The second kappa shape index (κ2) is 6.61. The van der Waals surface area contributed by atoms with Crippen LogP contribution in [0.4, 0.5) is 0 Å². The van der Waals surface area contributed by atoms with Gasteiger partial charge in [0.25, 0.3) is 0 Å². The van der Waals surface area contributed by atoms with E-state index in [2.05, 4.69) is 83.6 Å². The normalized spacial score (nSPS) is 13.5. The smallest absolute Gasteiger partial charge is 0.222 e. The summed E-state index contributed by atoms with van der Waals surface area (Å²) < 4.78 is 8.83. The third kappa shape index (κ3) is 2.82. The van der Waals surface area contributed by atoms with Crippen LogP contribution < -0.4 is 4.57 Å². The van der Waals surface area contributed by atoms with Crippen molar-refractivity contribution < 1.29 is 8.98 Å². The van der Waals surface area contributed by atoms with Crippen molar-refractivity contribution in [1.29, 1.82) is 0 Å². The van der Waals surface area contributed by atoms with Crippen molar-refractivity contribution >= 4 is 55.1 Å². The molecule has 0 fully saturated rings. The zero-order chi connectivity index (χ0) is 22.5. The molecule has 5 aromatic rings. The molecule has 162 valence electrons. The lowest BCUT2D eigenvalue weighted by atomic mass is 9.91. The van der Waals surface area contributed by atoms with E-state index in [0.29, 0.717) is 0 Å². The summed E-state index contributed by atoms with van der Waals surface area (Å²) in [6.45, 7) is 13.6. The fraction of sp³-hybridized carbons (Fsp3) is 0.321. The molecule has 4 heteroatoms. The lowest BCUT2D eigenvalue weighted by Crippen LogP contribution is -2.32. The minimum Gasteiger partial charge on any atom is -0.445 e. The molecule has 0 bridgehead atoms. The molecule has 0 radical (unpaired) electrons. The van der Waals surface area contributed by atoms with Crippen LogP contribution in [0.5, 0.6) is 0 Å². The average Bonchev–Trinajstić information content (AvgIpc) is 3.24. The van der Waals surface area contributed by atoms with Crippen LogP contribution in [0, 0.1) is 26.2 Å². The standard InChI is InChI=1S/C28H28NOS2/c1-14-10-15(2)26-22(16(14)3)24-23-18(8-9-29(24)7)25-19(12-21(23)32-26)20-11-17(13-28(4,5)6)31-27(20)30-25/h8-12H,13H2,1-7H3/q+1. The molecular formula is C28H28NOS2+. The molecule has 0 unspecified atom stereocenters. The van der Waals surface area contributed by atoms with Gasteiger partial charge in [0, 0.05) is 36.9 Å². The first-order chi connectivity index (χ1) is 15.1. The fourth-order valence-corrected chi connectivity index (χ4v) is 7.77. The maximum atomic E-state index is 6.54. The molecule has 0 N–H and O–H groups in total. The van der Waals surface area contributed by atoms with Crippen molar-refractivity contribution in [3.05, 3.63) is 52.0 Å². The first-order valence-corrected chi connectivity index (χ1v) is 12.8. The van der Waals surface area contributed by atoms with Gasteiger partial charge < -0.3 is 4.42 Å². The molecular weight excluding hydrogens is 430 g/mol. The monoisotopic (exact) mass is 458 g/mol. The Bertz CT molecular complexity index is 1590. The van der Waals surface area contributed by atoms with E-state index in [0.717, 1.165) is 16.9 Å². The maximum Gasteiger partial charge on any atom is 0.222 e. The van der Waals surface area contributed by atoms with Crippen LogP contribution in [0.25, 0.3) is 43.3 Å². The Balaban J connectivity index is 1.70. The Morgan fingerprint density at radius 3 is 2.50 bits per heavy atom. The number of hydrogen-bond acceptors (Lipinski definition) is 3. The molecule has 0 aliphatic carbocycles. The average molecular weight is 459 g/mol. The van der Waals surface area contributed by atoms with E-state index in [1.54, 1.807) is 0 Å². The summed E-state index contributed by atoms with van der Waals surface area (Å²) in [6.07, 6.45) is 3.27. The van der Waals surface area contributed by atoms with Crippen molar-refractivity contribution in [2.24, 2.45) is 12.5 Å². The summed E-state index contributed by atoms with van der Waals surface area (Å²) in [6, 6.07) is 9.30. The zero-order valence-corrected chi connectivity index (χ0v) is 21.4. The second-order valence-electron chi connectivity index (χ2n) is 10.5. The summed E-state index contributed by atoms with van der Waals surface area (Å²) in [5, 5.41) is 5.06. The Kier molecular flexibility index (Phi) is 4.20. The van der Waals surface area contributed by atoms with Gasteiger partial charge >= 0.3 is 0 Å². The predicted octanol–water partition coefficient (Wildman–Crippen LogP) is 8.27. The van der Waals surface area contributed by atoms with Crippen LogP contribution in [0.2, 0.25) is 0 Å². The Morgan fingerprint density at radius 2 is 1.75 bits per heavy atom. The molecule has 0 spiro atoms. The summed E-state index contributed by atoms with van der Waals surface area (Å²) in [7, 11) is 2.17. The maximum absolute atomic E-state index is 6.54. The van der Waals surface area contributed by atoms with Crippen LogP contribution in [0.15, 0.2) is 44.7 Å². The molecule has 2 aromatic carbocycles. The van der Waals surface area contributed by atoms with Crippen molar-refractivity contribution in [1.82, 2.24) is 0 Å². The lowest BCUT2D eigenvalue weighted by molar-refractivity contribution is -0.659. The van der Waals surface area contributed by atoms with E-state index >= 15 is 0 Å². The molecule has 1 aliphatic rings. The van der Waals surface area contributed by atoms with E-state index in [1.165, 1.54) is 64.2 Å². The van der Waals surface area contributed by atoms with Gasteiger partial charge in [0.15, 0.2) is 11.1 Å². The number of aromatic nitrogens is 1. The van der Waals surface area contributed by atoms with Gasteiger partial charge in [-0.05, 0) is 61.4 Å². The van der Waals surface area contributed by atoms with Crippen molar-refractivity contribution in [3.63, 3.8) is 0 Å². The SMILES string of the molecule is Cc1cc(C)c2c(c1C)-c1c3c(cc4c5cc(CC(C)(C)C)sc5oc4c3cc[n+]1C)S2. The third-order valence-electron chi connectivity index (χ3n) is 6.71. The molecule has 2 nitrogen and oxygen atoms in total. The molecule has 1 aliphatic heterocycles. The second-order valence-corrected chi connectivity index (χ2v) is 12.7. The molecule has 6 rings (SSSR count). The Hall–Kier alpha value is -2.30. The van der Waals surface area contributed by atoms with E-state index < -0.39 is 0 Å². The topological polar surface area (TPSA) is 17.0 Å². The van der Waals surface area contributed by atoms with Gasteiger partial charge in [-0.25, -0.2) is 4.57 Å². The van der Waals surface area contributed by atoms with Gasteiger partial charge in [-0.3, -0.25) is 0 Å². The highest BCUT2D eigenvalue weighted by Crippen LogP contribution is 2.52. The van der Waals surface area contributed by atoms with Gasteiger partial charge in [0.2, 0.25) is 5.69 Å². The number of furan rings is 1. The number of hydrogen-bond donors (Lipinski definition) is 0. The molecule has 32 heavy (non-hydrogen) atoms. The number of fused-ring (bicyclic) bond motifs is 6. The van der Waals surface area contributed by atoms with Crippen LogP contribution in [0.3, 0.4) is 0 Å².